The molecule has 0 fully saturated rings. The standard InChI is InChI=1S/C34H28N4O6/c1-18-13-19(2)29-23(14-18)24(32(39)40)16-26(37-29)21-11-8-12-22(15-21)38-30(34(42)44-4)28(33(41)43-3)27(25(17-35)31(38)36)20-9-6-5-7-10-20/h5-16,27H,36H2,1-4H3,(H,39,40). The molecule has 3 aromatic carbocycles. The lowest BCUT2D eigenvalue weighted by Crippen LogP contribution is -2.40. The molecule has 0 amide bonds. The summed E-state index contributed by atoms with van der Waals surface area (Å²) in [5.74, 6) is -3.91. The van der Waals surface area contributed by atoms with Crippen LogP contribution in [-0.2, 0) is 19.1 Å². The number of anilines is 1. The predicted octanol–water partition coefficient (Wildman–Crippen LogP) is 5.11. The minimum Gasteiger partial charge on any atom is -0.478 e. The second-order valence-electron chi connectivity index (χ2n) is 10.2. The number of carbonyl (C=O) groups excluding carboxylic acids is 2. The van der Waals surface area contributed by atoms with Gasteiger partial charge < -0.3 is 20.3 Å². The number of rotatable bonds is 6. The number of allylic oxidation sites excluding steroid dienone is 1. The van der Waals surface area contributed by atoms with Crippen LogP contribution in [0.15, 0.2) is 95.5 Å². The van der Waals surface area contributed by atoms with Crippen LogP contribution in [0.4, 0.5) is 5.69 Å². The van der Waals surface area contributed by atoms with E-state index in [-0.39, 0.29) is 28.2 Å². The van der Waals surface area contributed by atoms with Crippen LogP contribution in [0.3, 0.4) is 0 Å². The van der Waals surface area contributed by atoms with Crippen molar-refractivity contribution in [3.05, 3.63) is 118 Å². The maximum absolute atomic E-state index is 13.4. The van der Waals surface area contributed by atoms with Crippen LogP contribution in [0.2, 0.25) is 0 Å². The Bertz CT molecular complexity index is 1960. The zero-order chi connectivity index (χ0) is 31.7. The van der Waals surface area contributed by atoms with Crippen molar-refractivity contribution in [2.24, 2.45) is 5.73 Å². The third-order valence-electron chi connectivity index (χ3n) is 7.49. The van der Waals surface area contributed by atoms with Gasteiger partial charge in [-0.3, -0.25) is 4.90 Å². The fourth-order valence-corrected chi connectivity index (χ4v) is 5.59. The summed E-state index contributed by atoms with van der Waals surface area (Å²) in [6, 6.07) is 22.7. The van der Waals surface area contributed by atoms with E-state index in [4.69, 9.17) is 20.2 Å². The van der Waals surface area contributed by atoms with Crippen LogP contribution in [0.1, 0.15) is 33.0 Å². The van der Waals surface area contributed by atoms with Gasteiger partial charge in [-0.05, 0) is 49.2 Å². The summed E-state index contributed by atoms with van der Waals surface area (Å²) >= 11 is 0. The molecule has 0 radical (unpaired) electrons. The Labute approximate surface area is 253 Å². The van der Waals surface area contributed by atoms with Gasteiger partial charge in [0.25, 0.3) is 0 Å². The molecule has 10 heteroatoms. The highest BCUT2D eigenvalue weighted by Crippen LogP contribution is 2.43. The number of benzene rings is 3. The highest BCUT2D eigenvalue weighted by molar-refractivity contribution is 6.07. The van der Waals surface area contributed by atoms with Crippen molar-refractivity contribution in [2.45, 2.75) is 19.8 Å². The van der Waals surface area contributed by atoms with Crippen LogP contribution in [0.25, 0.3) is 22.2 Å². The third kappa shape index (κ3) is 5.01. The van der Waals surface area contributed by atoms with Crippen molar-refractivity contribution in [2.75, 3.05) is 19.1 Å². The van der Waals surface area contributed by atoms with E-state index in [0.29, 0.717) is 33.4 Å². The Morgan fingerprint density at radius 3 is 2.30 bits per heavy atom. The number of aromatic carboxylic acids is 1. The fourth-order valence-electron chi connectivity index (χ4n) is 5.59. The number of carboxylic acids is 1. The molecule has 3 N–H and O–H groups in total. The van der Waals surface area contributed by atoms with E-state index in [9.17, 15) is 24.8 Å². The first-order valence-electron chi connectivity index (χ1n) is 13.5. The van der Waals surface area contributed by atoms with Gasteiger partial charge in [-0.1, -0.05) is 54.1 Å². The number of carboxylic acid groups (broad SMARTS) is 1. The van der Waals surface area contributed by atoms with E-state index < -0.39 is 23.8 Å². The van der Waals surface area contributed by atoms with Gasteiger partial charge in [-0.15, -0.1) is 0 Å². The number of hydrogen-bond acceptors (Lipinski definition) is 9. The molecule has 44 heavy (non-hydrogen) atoms. The Balaban J connectivity index is 1.78. The molecule has 1 aliphatic rings. The molecule has 10 nitrogen and oxygen atoms in total. The van der Waals surface area contributed by atoms with Crippen LogP contribution < -0.4 is 10.6 Å². The first kappa shape index (κ1) is 29.5. The number of nitriles is 1. The number of nitrogens with zero attached hydrogens (tertiary/aromatic N) is 3. The number of fused-ring (bicyclic) bond motifs is 1. The Morgan fingerprint density at radius 1 is 0.955 bits per heavy atom. The minimum absolute atomic E-state index is 0.0256. The number of hydrogen-bond donors (Lipinski definition) is 2. The molecule has 1 aromatic heterocycles. The van der Waals surface area contributed by atoms with E-state index in [1.807, 2.05) is 19.9 Å². The monoisotopic (exact) mass is 588 g/mol. The zero-order valence-corrected chi connectivity index (χ0v) is 24.4. The molecule has 1 atom stereocenters. The normalized spacial score (nSPS) is 14.8. The molecule has 2 heterocycles. The Kier molecular flexibility index (Phi) is 7.88. The first-order valence-corrected chi connectivity index (χ1v) is 13.5. The lowest BCUT2D eigenvalue weighted by molar-refractivity contribution is -0.139. The molecule has 1 unspecified atom stereocenters. The first-order chi connectivity index (χ1) is 21.1. The highest BCUT2D eigenvalue weighted by Gasteiger charge is 2.43. The van der Waals surface area contributed by atoms with Crippen LogP contribution >= 0.6 is 0 Å². The summed E-state index contributed by atoms with van der Waals surface area (Å²) in [6.45, 7) is 3.75. The van der Waals surface area contributed by atoms with Gasteiger partial charge in [0.1, 0.15) is 11.5 Å². The smallest absolute Gasteiger partial charge is 0.355 e. The Morgan fingerprint density at radius 2 is 1.66 bits per heavy atom. The van der Waals surface area contributed by atoms with Crippen molar-refractivity contribution in [1.82, 2.24) is 4.98 Å². The number of pyridine rings is 1. The average molecular weight is 589 g/mol. The molecule has 220 valence electrons. The maximum Gasteiger partial charge on any atom is 0.355 e. The van der Waals surface area contributed by atoms with E-state index in [1.165, 1.54) is 25.2 Å². The largest absolute Gasteiger partial charge is 0.478 e. The summed E-state index contributed by atoms with van der Waals surface area (Å²) in [7, 11) is 2.35. The Hall–Kier alpha value is -5.95. The number of carbonyl (C=O) groups is 3. The van der Waals surface area contributed by atoms with Gasteiger partial charge >= 0.3 is 17.9 Å². The molecule has 1 aliphatic heterocycles. The van der Waals surface area contributed by atoms with E-state index in [2.05, 4.69) is 6.07 Å². The van der Waals surface area contributed by atoms with E-state index >= 15 is 0 Å². The third-order valence-corrected chi connectivity index (χ3v) is 7.49. The topological polar surface area (TPSA) is 156 Å². The fraction of sp³-hybridized carbons (Fsp3) is 0.147. The molecule has 0 saturated heterocycles. The number of nitrogens with two attached hydrogens (primary N) is 1. The lowest BCUT2D eigenvalue weighted by Gasteiger charge is -2.36. The van der Waals surface area contributed by atoms with Gasteiger partial charge in [0.2, 0.25) is 0 Å². The second-order valence-corrected chi connectivity index (χ2v) is 10.2. The molecule has 0 aliphatic carbocycles. The summed E-state index contributed by atoms with van der Waals surface area (Å²) < 4.78 is 10.2. The van der Waals surface area contributed by atoms with Gasteiger partial charge in [0, 0.05) is 16.6 Å². The lowest BCUT2D eigenvalue weighted by atomic mass is 9.81. The molecular formula is C34H28N4O6. The summed E-state index contributed by atoms with van der Waals surface area (Å²) in [5.41, 5.74) is 10.4. The van der Waals surface area contributed by atoms with Gasteiger partial charge in [0.15, 0.2) is 0 Å². The molecule has 5 rings (SSSR count). The second kappa shape index (κ2) is 11.7. The van der Waals surface area contributed by atoms with Gasteiger partial charge in [-0.25, -0.2) is 19.4 Å². The minimum atomic E-state index is -1.10. The van der Waals surface area contributed by atoms with Gasteiger partial charge in [-0.2, -0.15) is 5.26 Å². The van der Waals surface area contributed by atoms with Crippen molar-refractivity contribution < 1.29 is 29.0 Å². The van der Waals surface area contributed by atoms with Gasteiger partial charge in [0.05, 0.1) is 54.1 Å². The predicted molar refractivity (Wildman–Crippen MR) is 163 cm³/mol. The van der Waals surface area contributed by atoms with Crippen molar-refractivity contribution in [3.8, 4) is 17.3 Å². The maximum atomic E-state index is 13.4. The summed E-state index contributed by atoms with van der Waals surface area (Å²) in [6.07, 6.45) is 0. The molecule has 4 aromatic rings. The summed E-state index contributed by atoms with van der Waals surface area (Å²) in [5, 5.41) is 20.9. The van der Waals surface area contributed by atoms with E-state index in [1.54, 1.807) is 60.7 Å². The van der Waals surface area contributed by atoms with Crippen LogP contribution in [0, 0.1) is 25.2 Å². The number of aryl methyl sites for hydroxylation is 2. The molecule has 0 spiro atoms. The van der Waals surface area contributed by atoms with Crippen molar-refractivity contribution in [1.29, 1.82) is 5.26 Å². The SMILES string of the molecule is COC(=O)C1=C(C(=O)OC)N(c2cccc(-c3cc(C(=O)O)c4cc(C)cc(C)c4n3)c2)C(N)=C(C#N)C1c1ccccc1. The average Bonchev–Trinajstić information content (AvgIpc) is 3.03. The number of ether oxygens (including phenoxy) is 2. The van der Waals surface area contributed by atoms with Crippen molar-refractivity contribution >= 4 is 34.5 Å². The number of methoxy groups -OCH3 is 2. The number of esters is 2. The quantitative estimate of drug-likeness (QED) is 0.290. The summed E-state index contributed by atoms with van der Waals surface area (Å²) in [4.78, 5) is 45.1. The molecule has 0 saturated carbocycles. The van der Waals surface area contributed by atoms with Crippen LogP contribution in [-0.4, -0.2) is 42.2 Å². The number of aromatic nitrogens is 1. The molecule has 0 bridgehead atoms. The van der Waals surface area contributed by atoms with E-state index in [0.717, 1.165) is 11.1 Å². The zero-order valence-electron chi connectivity index (χ0n) is 24.4. The molecular weight excluding hydrogens is 560 g/mol. The highest BCUT2D eigenvalue weighted by atomic mass is 16.5. The van der Waals surface area contributed by atoms with Crippen molar-refractivity contribution in [3.63, 3.8) is 0 Å². The van der Waals surface area contributed by atoms with Crippen LogP contribution in [0.5, 0.6) is 0 Å².